The Kier molecular flexibility index (Phi) is 5.76. The molecule has 5 heteroatoms. The maximum atomic E-state index is 4.73. The summed E-state index contributed by atoms with van der Waals surface area (Å²) in [5, 5.41) is 6.85. The Hall–Kier alpha value is -3.73. The molecule has 2 aromatic heterocycles. The SMILES string of the molecule is Cc1ccccc1CNc1cc(NCc2ccncc2)nc(-c2ccccc2)n1. The summed E-state index contributed by atoms with van der Waals surface area (Å²) in [4.78, 5) is 13.5. The average Bonchev–Trinajstić information content (AvgIpc) is 2.78. The van der Waals surface area contributed by atoms with Crippen molar-refractivity contribution >= 4 is 11.6 Å². The van der Waals surface area contributed by atoms with E-state index < -0.39 is 0 Å². The summed E-state index contributed by atoms with van der Waals surface area (Å²) < 4.78 is 0. The van der Waals surface area contributed by atoms with Gasteiger partial charge in [-0.05, 0) is 35.7 Å². The zero-order valence-electron chi connectivity index (χ0n) is 16.3. The number of pyridine rings is 1. The van der Waals surface area contributed by atoms with Crippen molar-refractivity contribution in [3.05, 3.63) is 102 Å². The molecular weight excluding hydrogens is 358 g/mol. The van der Waals surface area contributed by atoms with Crippen LogP contribution in [0.15, 0.2) is 85.2 Å². The van der Waals surface area contributed by atoms with Crippen LogP contribution in [0, 0.1) is 6.92 Å². The van der Waals surface area contributed by atoms with Gasteiger partial charge >= 0.3 is 0 Å². The zero-order valence-corrected chi connectivity index (χ0v) is 16.3. The molecular formula is C24H23N5. The molecule has 0 aliphatic rings. The number of nitrogens with one attached hydrogen (secondary N) is 2. The van der Waals surface area contributed by atoms with E-state index in [2.05, 4.69) is 46.8 Å². The van der Waals surface area contributed by atoms with E-state index in [0.29, 0.717) is 18.9 Å². The minimum atomic E-state index is 0.672. The van der Waals surface area contributed by atoms with Gasteiger partial charge in [-0.2, -0.15) is 0 Å². The summed E-state index contributed by atoms with van der Waals surface area (Å²) in [5.74, 6) is 2.26. The van der Waals surface area contributed by atoms with E-state index in [9.17, 15) is 0 Å². The summed E-state index contributed by atoms with van der Waals surface area (Å²) in [6, 6.07) is 24.3. The fourth-order valence-corrected chi connectivity index (χ4v) is 3.03. The summed E-state index contributed by atoms with van der Waals surface area (Å²) in [5.41, 5.74) is 4.64. The van der Waals surface area contributed by atoms with Crippen LogP contribution in [0.2, 0.25) is 0 Å². The molecule has 2 N–H and O–H groups in total. The Labute approximate surface area is 170 Å². The summed E-state index contributed by atoms with van der Waals surface area (Å²) in [6.45, 7) is 3.50. The normalized spacial score (nSPS) is 10.5. The molecule has 4 rings (SSSR count). The maximum Gasteiger partial charge on any atom is 0.163 e. The molecule has 0 saturated carbocycles. The number of aromatic nitrogens is 3. The average molecular weight is 381 g/mol. The molecule has 0 bridgehead atoms. The van der Waals surface area contributed by atoms with Crippen molar-refractivity contribution in [3.63, 3.8) is 0 Å². The largest absolute Gasteiger partial charge is 0.366 e. The molecule has 29 heavy (non-hydrogen) atoms. The number of aryl methyl sites for hydroxylation is 1. The highest BCUT2D eigenvalue weighted by Gasteiger charge is 2.08. The van der Waals surface area contributed by atoms with Crippen LogP contribution in [0.1, 0.15) is 16.7 Å². The summed E-state index contributed by atoms with van der Waals surface area (Å²) >= 11 is 0. The fraction of sp³-hybridized carbons (Fsp3) is 0.125. The summed E-state index contributed by atoms with van der Waals surface area (Å²) in [6.07, 6.45) is 3.59. The van der Waals surface area contributed by atoms with Crippen molar-refractivity contribution in [2.24, 2.45) is 0 Å². The van der Waals surface area contributed by atoms with Gasteiger partial charge < -0.3 is 10.6 Å². The molecule has 0 radical (unpaired) electrons. The second kappa shape index (κ2) is 8.97. The molecule has 0 spiro atoms. The van der Waals surface area contributed by atoms with Gasteiger partial charge in [-0.3, -0.25) is 4.98 Å². The van der Waals surface area contributed by atoms with Crippen LogP contribution >= 0.6 is 0 Å². The maximum absolute atomic E-state index is 4.73. The van der Waals surface area contributed by atoms with Gasteiger partial charge in [-0.25, -0.2) is 9.97 Å². The molecule has 0 amide bonds. The number of anilines is 2. The first kappa shape index (κ1) is 18.6. The van der Waals surface area contributed by atoms with Crippen molar-refractivity contribution < 1.29 is 0 Å². The third-order valence-corrected chi connectivity index (χ3v) is 4.70. The predicted octanol–water partition coefficient (Wildman–Crippen LogP) is 5.07. The van der Waals surface area contributed by atoms with Gasteiger partial charge in [0.25, 0.3) is 0 Å². The second-order valence-electron chi connectivity index (χ2n) is 6.82. The first-order chi connectivity index (χ1) is 14.3. The zero-order chi connectivity index (χ0) is 19.9. The van der Waals surface area contributed by atoms with Gasteiger partial charge in [0, 0.05) is 37.1 Å². The number of hydrogen-bond acceptors (Lipinski definition) is 5. The molecule has 0 aliphatic heterocycles. The number of benzene rings is 2. The lowest BCUT2D eigenvalue weighted by Gasteiger charge is -2.13. The van der Waals surface area contributed by atoms with Crippen LogP contribution in [0.4, 0.5) is 11.6 Å². The lowest BCUT2D eigenvalue weighted by molar-refractivity contribution is 1.05. The Bertz CT molecular complexity index is 1060. The first-order valence-corrected chi connectivity index (χ1v) is 9.63. The molecule has 2 aromatic carbocycles. The van der Waals surface area contributed by atoms with Crippen molar-refractivity contribution in [1.29, 1.82) is 0 Å². The third kappa shape index (κ3) is 4.96. The molecule has 4 aromatic rings. The molecule has 0 aliphatic carbocycles. The van der Waals surface area contributed by atoms with Gasteiger partial charge in [-0.1, -0.05) is 54.6 Å². The van der Waals surface area contributed by atoms with E-state index in [4.69, 9.17) is 9.97 Å². The Morgan fingerprint density at radius 2 is 1.38 bits per heavy atom. The van der Waals surface area contributed by atoms with Crippen LogP contribution in [0.25, 0.3) is 11.4 Å². The van der Waals surface area contributed by atoms with Crippen LogP contribution in [-0.2, 0) is 13.1 Å². The topological polar surface area (TPSA) is 62.7 Å². The van der Waals surface area contributed by atoms with Gasteiger partial charge in [-0.15, -0.1) is 0 Å². The monoisotopic (exact) mass is 381 g/mol. The second-order valence-corrected chi connectivity index (χ2v) is 6.82. The molecule has 0 fully saturated rings. The Balaban J connectivity index is 1.58. The van der Waals surface area contributed by atoms with E-state index in [0.717, 1.165) is 22.8 Å². The fourth-order valence-electron chi connectivity index (χ4n) is 3.03. The lowest BCUT2D eigenvalue weighted by Crippen LogP contribution is -2.07. The molecule has 0 unspecified atom stereocenters. The van der Waals surface area contributed by atoms with Gasteiger partial charge in [0.2, 0.25) is 0 Å². The molecule has 2 heterocycles. The van der Waals surface area contributed by atoms with E-state index in [-0.39, 0.29) is 0 Å². The highest BCUT2D eigenvalue weighted by molar-refractivity contribution is 5.61. The Morgan fingerprint density at radius 3 is 2.10 bits per heavy atom. The van der Waals surface area contributed by atoms with E-state index >= 15 is 0 Å². The van der Waals surface area contributed by atoms with Gasteiger partial charge in [0.15, 0.2) is 5.82 Å². The van der Waals surface area contributed by atoms with Crippen molar-refractivity contribution in [2.45, 2.75) is 20.0 Å². The molecule has 0 atom stereocenters. The van der Waals surface area contributed by atoms with E-state index in [1.54, 1.807) is 12.4 Å². The van der Waals surface area contributed by atoms with Crippen molar-refractivity contribution in [3.8, 4) is 11.4 Å². The van der Waals surface area contributed by atoms with Crippen molar-refractivity contribution in [1.82, 2.24) is 15.0 Å². The minimum absolute atomic E-state index is 0.672. The quantitative estimate of drug-likeness (QED) is 0.468. The molecule has 5 nitrogen and oxygen atoms in total. The van der Waals surface area contributed by atoms with Crippen LogP contribution in [0.5, 0.6) is 0 Å². The Morgan fingerprint density at radius 1 is 0.724 bits per heavy atom. The standard InChI is InChI=1S/C24H23N5/c1-18-7-5-6-10-21(18)17-27-23-15-22(26-16-19-11-13-25-14-12-19)28-24(29-23)20-8-3-2-4-9-20/h2-15H,16-17H2,1H3,(H2,26,27,28,29). The number of rotatable bonds is 7. The van der Waals surface area contributed by atoms with E-state index in [1.807, 2.05) is 48.5 Å². The van der Waals surface area contributed by atoms with Crippen LogP contribution in [-0.4, -0.2) is 15.0 Å². The van der Waals surface area contributed by atoms with Gasteiger partial charge in [0.05, 0.1) is 0 Å². The minimum Gasteiger partial charge on any atom is -0.366 e. The highest BCUT2D eigenvalue weighted by Crippen LogP contribution is 2.21. The van der Waals surface area contributed by atoms with Gasteiger partial charge in [0.1, 0.15) is 11.6 Å². The summed E-state index contributed by atoms with van der Waals surface area (Å²) in [7, 11) is 0. The van der Waals surface area contributed by atoms with Crippen LogP contribution < -0.4 is 10.6 Å². The van der Waals surface area contributed by atoms with E-state index in [1.165, 1.54) is 11.1 Å². The molecule has 144 valence electrons. The third-order valence-electron chi connectivity index (χ3n) is 4.70. The highest BCUT2D eigenvalue weighted by atomic mass is 15.1. The van der Waals surface area contributed by atoms with Crippen LogP contribution in [0.3, 0.4) is 0 Å². The predicted molar refractivity (Wildman–Crippen MR) is 118 cm³/mol. The number of nitrogens with zero attached hydrogens (tertiary/aromatic N) is 3. The smallest absolute Gasteiger partial charge is 0.163 e. The molecule has 0 saturated heterocycles. The number of hydrogen-bond donors (Lipinski definition) is 2. The lowest BCUT2D eigenvalue weighted by atomic mass is 10.1. The van der Waals surface area contributed by atoms with Crippen molar-refractivity contribution in [2.75, 3.05) is 10.6 Å². The first-order valence-electron chi connectivity index (χ1n) is 9.63.